The minimum absolute atomic E-state index is 0.336. The van der Waals surface area contributed by atoms with E-state index in [4.69, 9.17) is 16.3 Å². The van der Waals surface area contributed by atoms with Crippen molar-refractivity contribution in [1.29, 1.82) is 0 Å². The van der Waals surface area contributed by atoms with Crippen LogP contribution in [0.1, 0.15) is 22.3 Å². The first kappa shape index (κ1) is 17.0. The molecule has 0 aromatic heterocycles. The van der Waals surface area contributed by atoms with Gasteiger partial charge in [0.25, 0.3) is 5.91 Å². The summed E-state index contributed by atoms with van der Waals surface area (Å²) in [5, 5.41) is 3.04. The van der Waals surface area contributed by atoms with E-state index in [-0.39, 0.29) is 5.91 Å². The fourth-order valence-electron chi connectivity index (χ4n) is 2.23. The van der Waals surface area contributed by atoms with Crippen LogP contribution in [0.4, 0.5) is 0 Å². The summed E-state index contributed by atoms with van der Waals surface area (Å²) in [6.07, 6.45) is 1.11. The number of carbonyl (C=O) groups is 2. The maximum Gasteiger partial charge on any atom is 0.328 e. The number of halogens is 1. The van der Waals surface area contributed by atoms with Gasteiger partial charge in [-0.3, -0.25) is 4.79 Å². The van der Waals surface area contributed by atoms with Gasteiger partial charge in [0, 0.05) is 0 Å². The van der Waals surface area contributed by atoms with Crippen LogP contribution in [0, 0.1) is 0 Å². The first-order valence-corrected chi connectivity index (χ1v) is 7.66. The first-order valence-electron chi connectivity index (χ1n) is 7.29. The predicted octanol–water partition coefficient (Wildman–Crippen LogP) is 3.24. The van der Waals surface area contributed by atoms with Crippen molar-refractivity contribution in [2.24, 2.45) is 0 Å². The quantitative estimate of drug-likeness (QED) is 0.827. The van der Waals surface area contributed by atoms with Crippen LogP contribution in [-0.4, -0.2) is 25.0 Å². The van der Waals surface area contributed by atoms with Crippen molar-refractivity contribution in [3.8, 4) is 0 Å². The van der Waals surface area contributed by atoms with E-state index in [1.807, 2.05) is 30.3 Å². The van der Waals surface area contributed by atoms with Crippen molar-refractivity contribution in [2.45, 2.75) is 18.9 Å². The highest BCUT2D eigenvalue weighted by Crippen LogP contribution is 2.15. The Morgan fingerprint density at radius 2 is 1.74 bits per heavy atom. The van der Waals surface area contributed by atoms with Gasteiger partial charge in [-0.15, -0.1) is 0 Å². The minimum atomic E-state index is -0.719. The number of aryl methyl sites for hydroxylation is 1. The van der Waals surface area contributed by atoms with Crippen LogP contribution in [0.3, 0.4) is 0 Å². The van der Waals surface area contributed by atoms with Gasteiger partial charge in [-0.2, -0.15) is 0 Å². The number of amides is 1. The second-order valence-electron chi connectivity index (χ2n) is 5.05. The Balaban J connectivity index is 2.05. The fraction of sp³-hybridized carbons (Fsp3) is 0.222. The molecule has 1 atom stereocenters. The molecule has 2 rings (SSSR count). The molecule has 2 aromatic carbocycles. The van der Waals surface area contributed by atoms with Gasteiger partial charge >= 0.3 is 5.97 Å². The van der Waals surface area contributed by atoms with Crippen LogP contribution >= 0.6 is 11.6 Å². The lowest BCUT2D eigenvalue weighted by molar-refractivity contribution is -0.143. The molecule has 2 aromatic rings. The van der Waals surface area contributed by atoms with Gasteiger partial charge in [0.2, 0.25) is 0 Å². The molecule has 1 amide bonds. The zero-order valence-electron chi connectivity index (χ0n) is 12.8. The van der Waals surface area contributed by atoms with Crippen LogP contribution < -0.4 is 5.32 Å². The number of benzene rings is 2. The van der Waals surface area contributed by atoms with Gasteiger partial charge in [-0.1, -0.05) is 54.1 Å². The molecule has 5 heteroatoms. The Kier molecular flexibility index (Phi) is 6.18. The van der Waals surface area contributed by atoms with E-state index in [1.54, 1.807) is 24.3 Å². The van der Waals surface area contributed by atoms with E-state index in [2.05, 4.69) is 5.32 Å². The van der Waals surface area contributed by atoms with Crippen molar-refractivity contribution in [3.05, 3.63) is 70.7 Å². The molecule has 4 nitrogen and oxygen atoms in total. The monoisotopic (exact) mass is 331 g/mol. The molecule has 0 aliphatic heterocycles. The molecular formula is C18H18ClNO3. The third-order valence-corrected chi connectivity index (χ3v) is 3.80. The predicted molar refractivity (Wildman–Crippen MR) is 89.5 cm³/mol. The van der Waals surface area contributed by atoms with Gasteiger partial charge in [0.15, 0.2) is 0 Å². The van der Waals surface area contributed by atoms with Crippen LogP contribution in [0.5, 0.6) is 0 Å². The molecule has 120 valence electrons. The average molecular weight is 332 g/mol. The molecule has 0 fully saturated rings. The maximum absolute atomic E-state index is 12.3. The summed E-state index contributed by atoms with van der Waals surface area (Å²) >= 11 is 6.01. The molecule has 0 bridgehead atoms. The van der Waals surface area contributed by atoms with E-state index in [1.165, 1.54) is 7.11 Å². The Morgan fingerprint density at radius 1 is 1.09 bits per heavy atom. The van der Waals surface area contributed by atoms with Gasteiger partial charge in [0.05, 0.1) is 17.7 Å². The van der Waals surface area contributed by atoms with Crippen LogP contribution in [0.2, 0.25) is 5.02 Å². The zero-order valence-corrected chi connectivity index (χ0v) is 13.5. The Bertz CT molecular complexity index is 673. The number of hydrogen-bond donors (Lipinski definition) is 1. The van der Waals surface area contributed by atoms with Crippen LogP contribution in [-0.2, 0) is 16.0 Å². The van der Waals surface area contributed by atoms with Crippen molar-refractivity contribution >= 4 is 23.5 Å². The summed E-state index contributed by atoms with van der Waals surface area (Å²) in [6.45, 7) is 0. The number of carbonyl (C=O) groups excluding carboxylic acids is 2. The first-order chi connectivity index (χ1) is 11.1. The molecule has 23 heavy (non-hydrogen) atoms. The second kappa shape index (κ2) is 8.34. The van der Waals surface area contributed by atoms with Gasteiger partial charge in [-0.05, 0) is 30.5 Å². The summed E-state index contributed by atoms with van der Waals surface area (Å²) in [6, 6.07) is 15.7. The highest BCUT2D eigenvalue weighted by atomic mass is 35.5. The van der Waals surface area contributed by atoms with Crippen molar-refractivity contribution in [1.82, 2.24) is 5.32 Å². The number of nitrogens with one attached hydrogen (secondary N) is 1. The standard InChI is InChI=1S/C18H18ClNO3/c1-23-18(22)16(12-11-13-7-3-2-4-8-13)20-17(21)14-9-5-6-10-15(14)19/h2-10,16H,11-12H2,1H3,(H,20,21)/t16-/m1/s1. The average Bonchev–Trinajstić information content (AvgIpc) is 2.59. The summed E-state index contributed by atoms with van der Waals surface area (Å²) < 4.78 is 4.78. The van der Waals surface area contributed by atoms with Crippen LogP contribution in [0.15, 0.2) is 54.6 Å². The summed E-state index contributed by atoms with van der Waals surface area (Å²) in [5.41, 5.74) is 1.43. The fourth-order valence-corrected chi connectivity index (χ4v) is 2.45. The topological polar surface area (TPSA) is 55.4 Å². The molecule has 0 saturated carbocycles. The molecule has 0 unspecified atom stereocenters. The van der Waals surface area contributed by atoms with Crippen molar-refractivity contribution in [2.75, 3.05) is 7.11 Å². The normalized spacial score (nSPS) is 11.6. The summed E-state index contributed by atoms with van der Waals surface area (Å²) in [7, 11) is 1.31. The lowest BCUT2D eigenvalue weighted by Crippen LogP contribution is -2.42. The molecule has 0 aliphatic rings. The Morgan fingerprint density at radius 3 is 2.39 bits per heavy atom. The maximum atomic E-state index is 12.3. The van der Waals surface area contributed by atoms with E-state index < -0.39 is 12.0 Å². The number of methoxy groups -OCH3 is 1. The van der Waals surface area contributed by atoms with Crippen molar-refractivity contribution < 1.29 is 14.3 Å². The van der Waals surface area contributed by atoms with E-state index in [9.17, 15) is 9.59 Å². The Hall–Kier alpha value is -2.33. The minimum Gasteiger partial charge on any atom is -0.467 e. The molecule has 0 saturated heterocycles. The number of rotatable bonds is 6. The third kappa shape index (κ3) is 4.83. The smallest absolute Gasteiger partial charge is 0.328 e. The largest absolute Gasteiger partial charge is 0.467 e. The van der Waals surface area contributed by atoms with Crippen LogP contribution in [0.25, 0.3) is 0 Å². The van der Waals surface area contributed by atoms with Gasteiger partial charge in [-0.25, -0.2) is 4.79 Å². The van der Waals surface area contributed by atoms with E-state index in [0.29, 0.717) is 23.4 Å². The number of hydrogen-bond acceptors (Lipinski definition) is 3. The molecule has 0 spiro atoms. The Labute approximate surface area is 140 Å². The van der Waals surface area contributed by atoms with E-state index in [0.717, 1.165) is 5.56 Å². The molecule has 0 heterocycles. The van der Waals surface area contributed by atoms with Crippen molar-refractivity contribution in [3.63, 3.8) is 0 Å². The lowest BCUT2D eigenvalue weighted by Gasteiger charge is -2.17. The summed E-state index contributed by atoms with van der Waals surface area (Å²) in [5.74, 6) is -0.861. The lowest BCUT2D eigenvalue weighted by atomic mass is 10.0. The summed E-state index contributed by atoms with van der Waals surface area (Å²) in [4.78, 5) is 24.2. The highest BCUT2D eigenvalue weighted by Gasteiger charge is 2.22. The molecule has 0 radical (unpaired) electrons. The third-order valence-electron chi connectivity index (χ3n) is 3.47. The number of esters is 1. The molecular weight excluding hydrogens is 314 g/mol. The van der Waals surface area contributed by atoms with Gasteiger partial charge in [0.1, 0.15) is 6.04 Å². The highest BCUT2D eigenvalue weighted by molar-refractivity contribution is 6.33. The molecule has 1 N–H and O–H groups in total. The number of ether oxygens (including phenoxy) is 1. The van der Waals surface area contributed by atoms with Gasteiger partial charge < -0.3 is 10.1 Å². The van der Waals surface area contributed by atoms with E-state index >= 15 is 0 Å². The SMILES string of the molecule is COC(=O)[C@@H](CCc1ccccc1)NC(=O)c1ccccc1Cl. The zero-order chi connectivity index (χ0) is 16.7. The molecule has 0 aliphatic carbocycles. The second-order valence-corrected chi connectivity index (χ2v) is 5.46.